The first-order valence-electron chi connectivity index (χ1n) is 17.9. The SMILES string of the molecule is CCCCC(CC)C(=O)OCCOCCOCCOCCOCCOCCOCCOCCOCCOCCOCCOCCOCCF. The van der Waals surface area contributed by atoms with Gasteiger partial charge in [-0.1, -0.05) is 26.7 Å². The summed E-state index contributed by atoms with van der Waals surface area (Å²) in [7, 11) is 0. The van der Waals surface area contributed by atoms with Gasteiger partial charge in [-0.25, -0.2) is 4.39 Å². The normalized spacial score (nSPS) is 12.1. The lowest BCUT2D eigenvalue weighted by molar-refractivity contribution is -0.150. The fourth-order valence-electron chi connectivity index (χ4n) is 3.83. The molecular formula is C34H67FO14. The summed E-state index contributed by atoms with van der Waals surface area (Å²) < 4.78 is 81.9. The Kier molecular flexibility index (Phi) is 42.1. The molecule has 0 aliphatic carbocycles. The van der Waals surface area contributed by atoms with Gasteiger partial charge in [0.15, 0.2) is 0 Å². The number of carbonyl (C=O) groups excluding carboxylic acids is 1. The van der Waals surface area contributed by atoms with Crippen molar-refractivity contribution in [2.75, 3.05) is 172 Å². The van der Waals surface area contributed by atoms with Crippen LogP contribution in [0.1, 0.15) is 39.5 Å². The minimum absolute atomic E-state index is 0.00731. The molecule has 0 aliphatic heterocycles. The van der Waals surface area contributed by atoms with E-state index in [1.54, 1.807) is 0 Å². The minimum Gasteiger partial charge on any atom is -0.463 e. The lowest BCUT2D eigenvalue weighted by atomic mass is 10.00. The Morgan fingerprint density at radius 1 is 0.408 bits per heavy atom. The molecule has 0 saturated carbocycles. The third-order valence-corrected chi connectivity index (χ3v) is 6.52. The van der Waals surface area contributed by atoms with Crippen LogP contribution in [0.4, 0.5) is 4.39 Å². The van der Waals surface area contributed by atoms with Gasteiger partial charge in [0.1, 0.15) is 13.3 Å². The van der Waals surface area contributed by atoms with Gasteiger partial charge in [0.05, 0.1) is 164 Å². The number of halogens is 1. The van der Waals surface area contributed by atoms with Crippen molar-refractivity contribution in [3.8, 4) is 0 Å². The van der Waals surface area contributed by atoms with Gasteiger partial charge in [-0.2, -0.15) is 0 Å². The van der Waals surface area contributed by atoms with Gasteiger partial charge in [-0.05, 0) is 12.8 Å². The van der Waals surface area contributed by atoms with Crippen LogP contribution in [0.25, 0.3) is 0 Å². The molecule has 0 radical (unpaired) electrons. The van der Waals surface area contributed by atoms with E-state index < -0.39 is 6.67 Å². The highest BCUT2D eigenvalue weighted by Crippen LogP contribution is 2.14. The molecule has 1 atom stereocenters. The van der Waals surface area contributed by atoms with Crippen molar-refractivity contribution >= 4 is 5.97 Å². The topological polar surface area (TPSA) is 137 Å². The molecule has 0 amide bonds. The van der Waals surface area contributed by atoms with Crippen LogP contribution in [0.2, 0.25) is 0 Å². The van der Waals surface area contributed by atoms with Crippen LogP contribution in [-0.2, 0) is 66.4 Å². The lowest BCUT2D eigenvalue weighted by Gasteiger charge is -2.13. The molecule has 15 heteroatoms. The van der Waals surface area contributed by atoms with Crippen LogP contribution < -0.4 is 0 Å². The molecule has 0 rings (SSSR count). The number of hydrogen-bond donors (Lipinski definition) is 0. The summed E-state index contributed by atoms with van der Waals surface area (Å²) in [6.07, 6.45) is 3.82. The van der Waals surface area contributed by atoms with Gasteiger partial charge in [0.25, 0.3) is 0 Å². The zero-order chi connectivity index (χ0) is 35.6. The molecule has 1 unspecified atom stereocenters. The molecule has 14 nitrogen and oxygen atoms in total. The van der Waals surface area contributed by atoms with Crippen molar-refractivity contribution in [2.45, 2.75) is 39.5 Å². The predicted molar refractivity (Wildman–Crippen MR) is 180 cm³/mol. The van der Waals surface area contributed by atoms with Gasteiger partial charge in [0.2, 0.25) is 0 Å². The van der Waals surface area contributed by atoms with Crippen molar-refractivity contribution in [2.24, 2.45) is 5.92 Å². The lowest BCUT2D eigenvalue weighted by Crippen LogP contribution is -2.20. The summed E-state index contributed by atoms with van der Waals surface area (Å²) in [4.78, 5) is 12.0. The highest BCUT2D eigenvalue weighted by atomic mass is 19.1. The summed E-state index contributed by atoms with van der Waals surface area (Å²) in [6, 6.07) is 0. The molecule has 0 bridgehead atoms. The number of esters is 1. The van der Waals surface area contributed by atoms with Gasteiger partial charge < -0.3 is 61.6 Å². The van der Waals surface area contributed by atoms with E-state index in [0.717, 1.165) is 25.7 Å². The molecule has 0 aromatic rings. The Bertz CT molecular complexity index is 638. The third kappa shape index (κ3) is 39.6. The van der Waals surface area contributed by atoms with Crippen LogP contribution in [0, 0.1) is 5.92 Å². The first kappa shape index (κ1) is 47.9. The largest absolute Gasteiger partial charge is 0.463 e. The predicted octanol–water partition coefficient (Wildman–Crippen LogP) is 2.91. The summed E-state index contributed by atoms with van der Waals surface area (Å²) in [5, 5.41) is 0. The van der Waals surface area contributed by atoms with E-state index in [1.807, 2.05) is 6.92 Å². The summed E-state index contributed by atoms with van der Waals surface area (Å²) in [6.45, 7) is 14.9. The standard InChI is InChI=1S/C34H67FO14/c1-3-5-6-33(4-2)34(36)49-32-31-48-30-29-47-28-27-46-26-25-45-24-23-44-22-21-43-20-19-42-18-17-41-16-15-40-14-13-39-12-11-38-10-9-37-8-7-35/h33H,3-32H2,1-2H3. The monoisotopic (exact) mass is 718 g/mol. The van der Waals surface area contributed by atoms with Crippen LogP contribution in [0.15, 0.2) is 0 Å². The fraction of sp³-hybridized carbons (Fsp3) is 0.971. The minimum atomic E-state index is -0.478. The van der Waals surface area contributed by atoms with Crippen molar-refractivity contribution < 1.29 is 70.8 Å². The second-order valence-electron chi connectivity index (χ2n) is 10.5. The fourth-order valence-corrected chi connectivity index (χ4v) is 3.83. The Morgan fingerprint density at radius 2 is 0.653 bits per heavy atom. The van der Waals surface area contributed by atoms with E-state index in [-0.39, 0.29) is 25.1 Å². The second kappa shape index (κ2) is 43.1. The first-order chi connectivity index (χ1) is 24.3. The Morgan fingerprint density at radius 3 is 0.878 bits per heavy atom. The maximum atomic E-state index is 12.0. The summed E-state index contributed by atoms with van der Waals surface area (Å²) in [5.41, 5.74) is 0. The van der Waals surface area contributed by atoms with E-state index >= 15 is 0 Å². The molecule has 294 valence electrons. The number of carbonyl (C=O) groups is 1. The highest BCUT2D eigenvalue weighted by molar-refractivity contribution is 5.72. The second-order valence-corrected chi connectivity index (χ2v) is 10.5. The Hall–Kier alpha value is -1.08. The van der Waals surface area contributed by atoms with E-state index in [4.69, 9.17) is 61.6 Å². The maximum Gasteiger partial charge on any atom is 0.308 e. The smallest absolute Gasteiger partial charge is 0.308 e. The molecule has 0 aromatic carbocycles. The van der Waals surface area contributed by atoms with Gasteiger partial charge >= 0.3 is 5.97 Å². The molecule has 49 heavy (non-hydrogen) atoms. The zero-order valence-electron chi connectivity index (χ0n) is 30.4. The molecular weight excluding hydrogens is 651 g/mol. The summed E-state index contributed by atoms with van der Waals surface area (Å²) in [5.74, 6) is -0.131. The van der Waals surface area contributed by atoms with Gasteiger partial charge in [-0.3, -0.25) is 4.79 Å². The Balaban J connectivity index is 3.13. The molecule has 0 spiro atoms. The van der Waals surface area contributed by atoms with Crippen molar-refractivity contribution in [3.63, 3.8) is 0 Å². The molecule has 0 aromatic heterocycles. The zero-order valence-corrected chi connectivity index (χ0v) is 30.4. The highest BCUT2D eigenvalue weighted by Gasteiger charge is 2.16. The number of hydrogen-bond acceptors (Lipinski definition) is 14. The number of ether oxygens (including phenoxy) is 13. The van der Waals surface area contributed by atoms with Gasteiger partial charge in [0, 0.05) is 0 Å². The quantitative estimate of drug-likeness (QED) is 0.0675. The maximum absolute atomic E-state index is 12.0. The molecule has 0 aliphatic rings. The van der Waals surface area contributed by atoms with Crippen molar-refractivity contribution in [1.82, 2.24) is 0 Å². The van der Waals surface area contributed by atoms with Crippen LogP contribution in [0.3, 0.4) is 0 Å². The van der Waals surface area contributed by atoms with E-state index in [0.29, 0.717) is 152 Å². The Labute approximate surface area is 294 Å². The third-order valence-electron chi connectivity index (χ3n) is 6.52. The van der Waals surface area contributed by atoms with Crippen molar-refractivity contribution in [3.05, 3.63) is 0 Å². The average molecular weight is 719 g/mol. The van der Waals surface area contributed by atoms with Gasteiger partial charge in [-0.15, -0.1) is 0 Å². The first-order valence-corrected chi connectivity index (χ1v) is 17.9. The van der Waals surface area contributed by atoms with E-state index in [1.165, 1.54) is 0 Å². The molecule has 0 heterocycles. The van der Waals surface area contributed by atoms with E-state index in [2.05, 4.69) is 6.92 Å². The van der Waals surface area contributed by atoms with Crippen molar-refractivity contribution in [1.29, 1.82) is 0 Å². The molecule has 0 saturated heterocycles. The molecule has 0 fully saturated rings. The van der Waals surface area contributed by atoms with E-state index in [9.17, 15) is 9.18 Å². The molecule has 0 N–H and O–H groups in total. The average Bonchev–Trinajstić information content (AvgIpc) is 3.11. The van der Waals surface area contributed by atoms with Crippen LogP contribution >= 0.6 is 0 Å². The summed E-state index contributed by atoms with van der Waals surface area (Å²) >= 11 is 0. The number of unbranched alkanes of at least 4 members (excludes halogenated alkanes) is 1. The number of alkyl halides is 1. The number of rotatable bonds is 43. The van der Waals surface area contributed by atoms with Crippen LogP contribution in [-0.4, -0.2) is 178 Å². The van der Waals surface area contributed by atoms with Crippen LogP contribution in [0.5, 0.6) is 0 Å².